The third-order valence-electron chi connectivity index (χ3n) is 3.02. The normalized spacial score (nSPS) is 14.2. The fourth-order valence-corrected chi connectivity index (χ4v) is 2.97. The van der Waals surface area contributed by atoms with Gasteiger partial charge in [0, 0.05) is 5.75 Å². The fourth-order valence-electron chi connectivity index (χ4n) is 1.92. The minimum Gasteiger partial charge on any atom is -0.333 e. The van der Waals surface area contributed by atoms with Crippen molar-refractivity contribution in [1.29, 1.82) is 5.26 Å². The van der Waals surface area contributed by atoms with Crippen LogP contribution in [-0.2, 0) is 0 Å². The zero-order chi connectivity index (χ0) is 13.7. The second-order valence-corrected chi connectivity index (χ2v) is 5.72. The molecule has 0 radical (unpaired) electrons. The van der Waals surface area contributed by atoms with Crippen LogP contribution in [0.4, 0.5) is 0 Å². The molecule has 2 aromatic rings. The fraction of sp³-hybridized carbons (Fsp3) is 0.429. The first-order chi connectivity index (χ1) is 9.17. The average Bonchev–Trinajstić information content (AvgIpc) is 2.81. The van der Waals surface area contributed by atoms with Gasteiger partial charge in [-0.15, -0.1) is 0 Å². The highest BCUT2D eigenvalue weighted by atomic mass is 32.2. The first-order valence-corrected chi connectivity index (χ1v) is 7.39. The zero-order valence-electron chi connectivity index (χ0n) is 11.2. The quantitative estimate of drug-likeness (QED) is 0.795. The molecule has 4 nitrogen and oxygen atoms in total. The number of nitrogens with zero attached hydrogens (tertiary/aromatic N) is 2. The number of hydrogen-bond donors (Lipinski definition) is 2. The summed E-state index contributed by atoms with van der Waals surface area (Å²) in [5, 5.41) is 13.3. The van der Waals surface area contributed by atoms with Crippen LogP contribution in [0.2, 0.25) is 0 Å². The van der Waals surface area contributed by atoms with Crippen LogP contribution in [0.15, 0.2) is 29.4 Å². The highest BCUT2D eigenvalue weighted by Crippen LogP contribution is 2.22. The van der Waals surface area contributed by atoms with Gasteiger partial charge in [0.2, 0.25) is 0 Å². The van der Waals surface area contributed by atoms with Crippen LogP contribution in [0, 0.1) is 11.3 Å². The summed E-state index contributed by atoms with van der Waals surface area (Å²) < 4.78 is 0. The Kier molecular flexibility index (Phi) is 4.46. The molecule has 19 heavy (non-hydrogen) atoms. The van der Waals surface area contributed by atoms with Crippen molar-refractivity contribution in [1.82, 2.24) is 15.3 Å². The van der Waals surface area contributed by atoms with E-state index in [4.69, 9.17) is 0 Å². The lowest BCUT2D eigenvalue weighted by Gasteiger charge is -2.21. The highest BCUT2D eigenvalue weighted by Gasteiger charge is 2.21. The lowest BCUT2D eigenvalue weighted by atomic mass is 10.0. The van der Waals surface area contributed by atoms with Gasteiger partial charge < -0.3 is 4.98 Å². The van der Waals surface area contributed by atoms with Crippen molar-refractivity contribution in [2.45, 2.75) is 31.0 Å². The Morgan fingerprint density at radius 1 is 1.47 bits per heavy atom. The van der Waals surface area contributed by atoms with E-state index in [-0.39, 0.29) is 0 Å². The molecule has 0 amide bonds. The summed E-state index contributed by atoms with van der Waals surface area (Å²) in [6.45, 7) is 4.76. The first kappa shape index (κ1) is 13.9. The predicted molar refractivity (Wildman–Crippen MR) is 79.1 cm³/mol. The number of imidazole rings is 1. The lowest BCUT2D eigenvalue weighted by Crippen LogP contribution is -2.41. The van der Waals surface area contributed by atoms with Gasteiger partial charge in [-0.3, -0.25) is 5.32 Å². The number of hydrogen-bond acceptors (Lipinski definition) is 4. The third kappa shape index (κ3) is 3.49. The molecule has 5 heteroatoms. The van der Waals surface area contributed by atoms with E-state index in [2.05, 4.69) is 21.4 Å². The molecule has 100 valence electrons. The van der Waals surface area contributed by atoms with E-state index < -0.39 is 5.54 Å². The van der Waals surface area contributed by atoms with E-state index in [0.717, 1.165) is 34.9 Å². The van der Waals surface area contributed by atoms with Gasteiger partial charge in [0.1, 0.15) is 5.54 Å². The smallest absolute Gasteiger partial charge is 0.166 e. The highest BCUT2D eigenvalue weighted by molar-refractivity contribution is 7.99. The monoisotopic (exact) mass is 274 g/mol. The molecule has 1 aromatic heterocycles. The van der Waals surface area contributed by atoms with Gasteiger partial charge in [0.15, 0.2) is 5.16 Å². The number of fused-ring (bicyclic) bond motifs is 1. The number of aromatic amines is 1. The summed E-state index contributed by atoms with van der Waals surface area (Å²) >= 11 is 1.66. The molecule has 1 aromatic carbocycles. The Balaban J connectivity index is 1.94. The number of aromatic nitrogens is 2. The van der Waals surface area contributed by atoms with Gasteiger partial charge in [-0.05, 0) is 32.0 Å². The SMILES string of the molecule is CCNC(C)(C#N)CCSc1nc2ccccc2[nH]1. The molecule has 1 unspecified atom stereocenters. The molecule has 0 aliphatic heterocycles. The van der Waals surface area contributed by atoms with Crippen molar-refractivity contribution in [3.8, 4) is 6.07 Å². The Morgan fingerprint density at radius 3 is 2.95 bits per heavy atom. The second-order valence-electron chi connectivity index (χ2n) is 4.63. The molecule has 2 rings (SSSR count). The van der Waals surface area contributed by atoms with Crippen LogP contribution >= 0.6 is 11.8 Å². The average molecular weight is 274 g/mol. The summed E-state index contributed by atoms with van der Waals surface area (Å²) in [6.07, 6.45) is 0.791. The van der Waals surface area contributed by atoms with E-state index in [0.29, 0.717) is 0 Å². The Bertz CT molecular complexity index is 553. The van der Waals surface area contributed by atoms with Crippen LogP contribution in [-0.4, -0.2) is 27.8 Å². The molecule has 1 atom stereocenters. The number of para-hydroxylation sites is 2. The maximum absolute atomic E-state index is 9.18. The van der Waals surface area contributed by atoms with Crippen molar-refractivity contribution in [3.05, 3.63) is 24.3 Å². The molecule has 0 saturated carbocycles. The van der Waals surface area contributed by atoms with Crippen LogP contribution in [0.1, 0.15) is 20.3 Å². The topological polar surface area (TPSA) is 64.5 Å². The van der Waals surface area contributed by atoms with Gasteiger partial charge >= 0.3 is 0 Å². The molecule has 0 bridgehead atoms. The summed E-state index contributed by atoms with van der Waals surface area (Å²) in [4.78, 5) is 7.79. The van der Waals surface area contributed by atoms with Crippen LogP contribution < -0.4 is 5.32 Å². The van der Waals surface area contributed by atoms with Crippen molar-refractivity contribution in [3.63, 3.8) is 0 Å². The van der Waals surface area contributed by atoms with E-state index in [1.807, 2.05) is 38.1 Å². The number of thioether (sulfide) groups is 1. The molecule has 0 aliphatic rings. The van der Waals surface area contributed by atoms with Crippen LogP contribution in [0.3, 0.4) is 0 Å². The van der Waals surface area contributed by atoms with Crippen LogP contribution in [0.25, 0.3) is 11.0 Å². The Labute approximate surface area is 117 Å². The molecular formula is C14H18N4S. The first-order valence-electron chi connectivity index (χ1n) is 6.41. The van der Waals surface area contributed by atoms with Gasteiger partial charge in [-0.2, -0.15) is 5.26 Å². The van der Waals surface area contributed by atoms with Gasteiger partial charge in [-0.1, -0.05) is 30.8 Å². The number of nitriles is 1. The van der Waals surface area contributed by atoms with Crippen molar-refractivity contribution in [2.24, 2.45) is 0 Å². The molecule has 1 heterocycles. The maximum atomic E-state index is 9.18. The Hall–Kier alpha value is -1.51. The lowest BCUT2D eigenvalue weighted by molar-refractivity contribution is 0.450. The molecule has 0 fully saturated rings. The predicted octanol–water partition coefficient (Wildman–Crippen LogP) is 2.94. The number of benzene rings is 1. The number of nitrogens with one attached hydrogen (secondary N) is 2. The van der Waals surface area contributed by atoms with E-state index in [9.17, 15) is 5.26 Å². The minimum absolute atomic E-state index is 0.451. The van der Waals surface area contributed by atoms with E-state index in [1.165, 1.54) is 0 Å². The molecule has 0 spiro atoms. The summed E-state index contributed by atoms with van der Waals surface area (Å²) in [6, 6.07) is 10.3. The van der Waals surface area contributed by atoms with Crippen LogP contribution in [0.5, 0.6) is 0 Å². The number of H-pyrrole nitrogens is 1. The Morgan fingerprint density at radius 2 is 2.26 bits per heavy atom. The molecule has 2 N–H and O–H groups in total. The van der Waals surface area contributed by atoms with Crippen molar-refractivity contribution < 1.29 is 0 Å². The van der Waals surface area contributed by atoms with Gasteiger partial charge in [0.05, 0.1) is 17.1 Å². The van der Waals surface area contributed by atoms with Crippen molar-refractivity contribution >= 4 is 22.8 Å². The molecule has 0 aliphatic carbocycles. The van der Waals surface area contributed by atoms with Crippen molar-refractivity contribution in [2.75, 3.05) is 12.3 Å². The summed E-state index contributed by atoms with van der Waals surface area (Å²) in [5.41, 5.74) is 1.59. The molecular weight excluding hydrogens is 256 g/mol. The largest absolute Gasteiger partial charge is 0.333 e. The van der Waals surface area contributed by atoms with Gasteiger partial charge in [-0.25, -0.2) is 4.98 Å². The summed E-state index contributed by atoms with van der Waals surface area (Å²) in [7, 11) is 0. The van der Waals surface area contributed by atoms with Gasteiger partial charge in [0.25, 0.3) is 0 Å². The zero-order valence-corrected chi connectivity index (χ0v) is 12.0. The van der Waals surface area contributed by atoms with E-state index >= 15 is 0 Å². The van der Waals surface area contributed by atoms with E-state index in [1.54, 1.807) is 11.8 Å². The maximum Gasteiger partial charge on any atom is 0.166 e. The minimum atomic E-state index is -0.451. The standard InChI is InChI=1S/C14H18N4S/c1-3-16-14(2,10-15)8-9-19-13-17-11-6-4-5-7-12(11)18-13/h4-7,16H,3,8-9H2,1-2H3,(H,17,18). The molecule has 0 saturated heterocycles. The number of rotatable bonds is 6. The summed E-state index contributed by atoms with van der Waals surface area (Å²) in [5.74, 6) is 0.858. The third-order valence-corrected chi connectivity index (χ3v) is 3.90. The second kappa shape index (κ2) is 6.09.